The van der Waals surface area contributed by atoms with Gasteiger partial charge < -0.3 is 10.4 Å². The summed E-state index contributed by atoms with van der Waals surface area (Å²) in [4.78, 5) is 25.0. The molecular weight excluding hydrogens is 276 g/mol. The Hall–Kier alpha value is -0.910. The molecule has 20 heavy (non-hydrogen) atoms. The second-order valence-electron chi connectivity index (χ2n) is 5.61. The van der Waals surface area contributed by atoms with Crippen LogP contribution >= 0.6 is 11.8 Å². The normalized spacial score (nSPS) is 22.3. The second kappa shape index (κ2) is 8.39. The zero-order valence-corrected chi connectivity index (χ0v) is 13.4. The summed E-state index contributed by atoms with van der Waals surface area (Å²) < 4.78 is 0. The van der Waals surface area contributed by atoms with Gasteiger partial charge in [0.25, 0.3) is 0 Å². The lowest BCUT2D eigenvalue weighted by Crippen LogP contribution is -2.50. The molecule has 2 atom stereocenters. The number of amides is 2. The minimum absolute atomic E-state index is 0.00815. The Bertz CT molecular complexity index is 336. The Morgan fingerprint density at radius 1 is 1.45 bits per heavy atom. The first kappa shape index (κ1) is 17.1. The highest BCUT2D eigenvalue weighted by atomic mass is 32.2. The number of carboxylic acid groups (broad SMARTS) is 1. The van der Waals surface area contributed by atoms with Gasteiger partial charge in [0.1, 0.15) is 6.04 Å². The standard InChI is InChI=1S/C14H26N2O3S/c1-4-6-12-16(11(9-20-12)13(17)18)14(19)15-8-5-7-10(2)3/h10-12H,4-9H2,1-3H3,(H,15,19)(H,17,18). The van der Waals surface area contributed by atoms with Crippen molar-refractivity contribution in [3.8, 4) is 0 Å². The topological polar surface area (TPSA) is 69.6 Å². The minimum Gasteiger partial charge on any atom is -0.480 e. The zero-order valence-electron chi connectivity index (χ0n) is 12.6. The maximum Gasteiger partial charge on any atom is 0.327 e. The van der Waals surface area contributed by atoms with E-state index in [0.717, 1.165) is 25.7 Å². The van der Waals surface area contributed by atoms with E-state index >= 15 is 0 Å². The molecule has 5 nitrogen and oxygen atoms in total. The molecule has 0 saturated carbocycles. The van der Waals surface area contributed by atoms with Gasteiger partial charge in [-0.15, -0.1) is 11.8 Å². The Morgan fingerprint density at radius 2 is 2.15 bits per heavy atom. The summed E-state index contributed by atoms with van der Waals surface area (Å²) in [7, 11) is 0. The van der Waals surface area contributed by atoms with Crippen molar-refractivity contribution in [1.29, 1.82) is 0 Å². The van der Waals surface area contributed by atoms with Crippen molar-refractivity contribution >= 4 is 23.8 Å². The third-order valence-corrected chi connectivity index (χ3v) is 4.74. The number of hydrogen-bond donors (Lipinski definition) is 2. The SMILES string of the molecule is CCCC1SCC(C(=O)O)N1C(=O)NCCCC(C)C. The van der Waals surface area contributed by atoms with Gasteiger partial charge in [0.05, 0.1) is 5.37 Å². The van der Waals surface area contributed by atoms with Crippen LogP contribution in [-0.4, -0.2) is 45.7 Å². The van der Waals surface area contributed by atoms with Gasteiger partial charge >= 0.3 is 12.0 Å². The van der Waals surface area contributed by atoms with Crippen LogP contribution in [0.5, 0.6) is 0 Å². The van der Waals surface area contributed by atoms with Gasteiger partial charge in [0, 0.05) is 12.3 Å². The Labute approximate surface area is 125 Å². The molecule has 2 amide bonds. The Balaban J connectivity index is 2.53. The van der Waals surface area contributed by atoms with Crippen LogP contribution in [0.15, 0.2) is 0 Å². The molecule has 0 radical (unpaired) electrons. The zero-order chi connectivity index (χ0) is 15.1. The van der Waals surface area contributed by atoms with E-state index in [9.17, 15) is 14.7 Å². The van der Waals surface area contributed by atoms with Crippen molar-refractivity contribution < 1.29 is 14.7 Å². The minimum atomic E-state index is -0.909. The number of aliphatic carboxylic acids is 1. The Kier molecular flexibility index (Phi) is 7.19. The average Bonchev–Trinajstić information content (AvgIpc) is 2.78. The van der Waals surface area contributed by atoms with E-state index in [1.165, 1.54) is 4.90 Å². The smallest absolute Gasteiger partial charge is 0.327 e. The molecule has 1 saturated heterocycles. The fraction of sp³-hybridized carbons (Fsp3) is 0.857. The van der Waals surface area contributed by atoms with Crippen LogP contribution in [0.2, 0.25) is 0 Å². The summed E-state index contributed by atoms with van der Waals surface area (Å²) in [6.07, 6.45) is 3.78. The van der Waals surface area contributed by atoms with Gasteiger partial charge in [-0.25, -0.2) is 9.59 Å². The molecule has 116 valence electrons. The van der Waals surface area contributed by atoms with E-state index < -0.39 is 12.0 Å². The van der Waals surface area contributed by atoms with Crippen LogP contribution in [0, 0.1) is 5.92 Å². The molecule has 0 aromatic carbocycles. The van der Waals surface area contributed by atoms with Crippen LogP contribution in [0.1, 0.15) is 46.5 Å². The quantitative estimate of drug-likeness (QED) is 0.710. The first-order chi connectivity index (χ1) is 9.47. The van der Waals surface area contributed by atoms with Crippen molar-refractivity contribution in [3.63, 3.8) is 0 Å². The molecule has 0 aromatic heterocycles. The first-order valence-electron chi connectivity index (χ1n) is 7.38. The molecule has 2 N–H and O–H groups in total. The highest BCUT2D eigenvalue weighted by molar-refractivity contribution is 8.00. The second-order valence-corrected chi connectivity index (χ2v) is 6.82. The summed E-state index contributed by atoms with van der Waals surface area (Å²) in [5.74, 6) is 0.196. The third kappa shape index (κ3) is 4.89. The number of nitrogens with one attached hydrogen (secondary N) is 1. The lowest BCUT2D eigenvalue weighted by atomic mass is 10.1. The largest absolute Gasteiger partial charge is 0.480 e. The van der Waals surface area contributed by atoms with Crippen LogP contribution in [0.25, 0.3) is 0 Å². The molecule has 0 spiro atoms. The molecule has 6 heteroatoms. The maximum atomic E-state index is 12.2. The Morgan fingerprint density at radius 3 is 2.70 bits per heavy atom. The molecule has 0 aromatic rings. The number of carbonyl (C=O) groups is 2. The number of carboxylic acids is 1. The third-order valence-electron chi connectivity index (χ3n) is 3.38. The van der Waals surface area contributed by atoms with Gasteiger partial charge in [-0.2, -0.15) is 0 Å². The van der Waals surface area contributed by atoms with Gasteiger partial charge in [0.15, 0.2) is 0 Å². The molecule has 1 heterocycles. The van der Waals surface area contributed by atoms with Crippen LogP contribution < -0.4 is 5.32 Å². The highest BCUT2D eigenvalue weighted by Crippen LogP contribution is 2.32. The predicted octanol–water partition coefficient (Wildman–Crippen LogP) is 2.76. The maximum absolute atomic E-state index is 12.2. The molecule has 1 aliphatic rings. The van der Waals surface area contributed by atoms with Crippen molar-refractivity contribution in [1.82, 2.24) is 10.2 Å². The monoisotopic (exact) mass is 302 g/mol. The van der Waals surface area contributed by atoms with E-state index in [1.807, 2.05) is 6.92 Å². The molecule has 0 aliphatic carbocycles. The van der Waals surface area contributed by atoms with Crippen LogP contribution in [-0.2, 0) is 4.79 Å². The number of rotatable bonds is 7. The van der Waals surface area contributed by atoms with E-state index in [-0.39, 0.29) is 11.4 Å². The summed E-state index contributed by atoms with van der Waals surface area (Å²) >= 11 is 1.57. The van der Waals surface area contributed by atoms with Crippen molar-refractivity contribution in [2.45, 2.75) is 57.9 Å². The average molecular weight is 302 g/mol. The van der Waals surface area contributed by atoms with Gasteiger partial charge in [-0.05, 0) is 25.2 Å². The number of hydrogen-bond acceptors (Lipinski definition) is 3. The van der Waals surface area contributed by atoms with Crippen molar-refractivity contribution in [3.05, 3.63) is 0 Å². The molecular formula is C14H26N2O3S. The van der Waals surface area contributed by atoms with Crippen LogP contribution in [0.4, 0.5) is 4.79 Å². The number of urea groups is 1. The lowest BCUT2D eigenvalue weighted by Gasteiger charge is -2.27. The fourth-order valence-corrected chi connectivity index (χ4v) is 3.81. The predicted molar refractivity (Wildman–Crippen MR) is 81.9 cm³/mol. The molecule has 1 rings (SSSR count). The molecule has 1 aliphatic heterocycles. The lowest BCUT2D eigenvalue weighted by molar-refractivity contribution is -0.141. The number of nitrogens with zero attached hydrogens (tertiary/aromatic N) is 1. The van der Waals surface area contributed by atoms with E-state index in [4.69, 9.17) is 0 Å². The van der Waals surface area contributed by atoms with Crippen molar-refractivity contribution in [2.75, 3.05) is 12.3 Å². The summed E-state index contributed by atoms with van der Waals surface area (Å²) in [6, 6.07) is -0.925. The molecule has 0 bridgehead atoms. The van der Waals surface area contributed by atoms with E-state index in [1.54, 1.807) is 11.8 Å². The number of thioether (sulfide) groups is 1. The summed E-state index contributed by atoms with van der Waals surface area (Å²) in [5, 5.41) is 12.1. The first-order valence-corrected chi connectivity index (χ1v) is 8.42. The van der Waals surface area contributed by atoms with Gasteiger partial charge in [-0.1, -0.05) is 27.2 Å². The highest BCUT2D eigenvalue weighted by Gasteiger charge is 2.40. The summed E-state index contributed by atoms with van der Waals surface area (Å²) in [6.45, 7) is 6.96. The fourth-order valence-electron chi connectivity index (χ4n) is 2.29. The van der Waals surface area contributed by atoms with E-state index in [2.05, 4.69) is 19.2 Å². The number of carbonyl (C=O) groups excluding carboxylic acids is 1. The molecule has 1 fully saturated rings. The summed E-state index contributed by atoms with van der Waals surface area (Å²) in [5.41, 5.74) is 0. The van der Waals surface area contributed by atoms with Crippen molar-refractivity contribution in [2.24, 2.45) is 5.92 Å². The van der Waals surface area contributed by atoms with Gasteiger partial charge in [0.2, 0.25) is 0 Å². The molecule has 2 unspecified atom stereocenters. The van der Waals surface area contributed by atoms with Gasteiger partial charge in [-0.3, -0.25) is 4.90 Å². The van der Waals surface area contributed by atoms with Crippen LogP contribution in [0.3, 0.4) is 0 Å². The van der Waals surface area contributed by atoms with E-state index in [0.29, 0.717) is 18.2 Å².